The highest BCUT2D eigenvalue weighted by atomic mass is 127. The molecule has 0 saturated carbocycles. The summed E-state index contributed by atoms with van der Waals surface area (Å²) in [5, 5.41) is 6.73. The van der Waals surface area contributed by atoms with Crippen LogP contribution in [0.2, 0.25) is 0 Å². The van der Waals surface area contributed by atoms with Gasteiger partial charge in [0.2, 0.25) is 5.75 Å². The van der Waals surface area contributed by atoms with Gasteiger partial charge in [-0.15, -0.1) is 24.0 Å². The maximum Gasteiger partial charge on any atom is 0.203 e. The Balaban J connectivity index is 0.00000392. The Labute approximate surface area is 186 Å². The van der Waals surface area contributed by atoms with E-state index in [9.17, 15) is 0 Å². The second-order valence-electron chi connectivity index (χ2n) is 6.52. The minimum absolute atomic E-state index is 0. The van der Waals surface area contributed by atoms with Gasteiger partial charge in [0.05, 0.1) is 20.8 Å². The third kappa shape index (κ3) is 7.54. The van der Waals surface area contributed by atoms with Crippen molar-refractivity contribution in [1.29, 1.82) is 0 Å². The lowest BCUT2D eigenvalue weighted by Crippen LogP contribution is -2.42. The van der Waals surface area contributed by atoms with Gasteiger partial charge in [0.25, 0.3) is 0 Å². The molecule has 2 N–H and O–H groups in total. The molecule has 1 aliphatic rings. The van der Waals surface area contributed by atoms with Gasteiger partial charge < -0.3 is 29.7 Å². The van der Waals surface area contributed by atoms with E-state index in [1.807, 2.05) is 19.1 Å². The van der Waals surface area contributed by atoms with Crippen molar-refractivity contribution in [2.24, 2.45) is 4.99 Å². The summed E-state index contributed by atoms with van der Waals surface area (Å²) >= 11 is 0. The lowest BCUT2D eigenvalue weighted by atomic mass is 10.1. The zero-order valence-corrected chi connectivity index (χ0v) is 19.9. The third-order valence-corrected chi connectivity index (χ3v) is 4.66. The van der Waals surface area contributed by atoms with Gasteiger partial charge in [-0.2, -0.15) is 0 Å². The summed E-state index contributed by atoms with van der Waals surface area (Å²) in [4.78, 5) is 6.81. The van der Waals surface area contributed by atoms with Gasteiger partial charge in [0.15, 0.2) is 17.5 Å². The van der Waals surface area contributed by atoms with E-state index in [0.717, 1.165) is 24.6 Å². The van der Waals surface area contributed by atoms with Crippen LogP contribution in [0.5, 0.6) is 17.2 Å². The number of guanidine groups is 1. The summed E-state index contributed by atoms with van der Waals surface area (Å²) in [6.45, 7) is 7.45. The highest BCUT2D eigenvalue weighted by Gasteiger charge is 2.14. The second kappa shape index (κ2) is 13.7. The highest BCUT2D eigenvalue weighted by Crippen LogP contribution is 2.38. The predicted octanol–water partition coefficient (Wildman–Crippen LogP) is 2.87. The zero-order valence-electron chi connectivity index (χ0n) is 17.5. The van der Waals surface area contributed by atoms with Crippen LogP contribution in [0, 0.1) is 0 Å². The topological polar surface area (TPSA) is 67.4 Å². The first kappa shape index (κ1) is 24.6. The number of benzene rings is 1. The molecular weight excluding hydrogens is 471 g/mol. The van der Waals surface area contributed by atoms with Crippen LogP contribution in [0.15, 0.2) is 17.1 Å². The van der Waals surface area contributed by atoms with E-state index in [0.29, 0.717) is 30.4 Å². The van der Waals surface area contributed by atoms with Crippen molar-refractivity contribution < 1.29 is 14.2 Å². The van der Waals surface area contributed by atoms with Gasteiger partial charge in [-0.05, 0) is 50.6 Å². The molecule has 0 aliphatic carbocycles. The summed E-state index contributed by atoms with van der Waals surface area (Å²) in [5.74, 6) is 2.76. The molecule has 0 spiro atoms. The van der Waals surface area contributed by atoms with Crippen LogP contribution in [-0.2, 0) is 6.54 Å². The predicted molar refractivity (Wildman–Crippen MR) is 125 cm³/mol. The molecular formula is C20H35IN4O3. The molecule has 1 fully saturated rings. The lowest BCUT2D eigenvalue weighted by Gasteiger charge is -2.26. The minimum atomic E-state index is 0. The van der Waals surface area contributed by atoms with Crippen LogP contribution in [0.25, 0.3) is 0 Å². The normalized spacial score (nSPS) is 14.8. The molecule has 1 aliphatic heterocycles. The summed E-state index contributed by atoms with van der Waals surface area (Å²) in [7, 11) is 5.06. The Kier molecular flexibility index (Phi) is 12.1. The minimum Gasteiger partial charge on any atom is -0.493 e. The van der Waals surface area contributed by atoms with Gasteiger partial charge in [0.1, 0.15) is 0 Å². The second-order valence-corrected chi connectivity index (χ2v) is 6.52. The molecule has 0 atom stereocenters. The molecule has 28 heavy (non-hydrogen) atoms. The molecule has 0 radical (unpaired) electrons. The average molecular weight is 506 g/mol. The highest BCUT2D eigenvalue weighted by molar-refractivity contribution is 14.0. The summed E-state index contributed by atoms with van der Waals surface area (Å²) < 4.78 is 16.6. The van der Waals surface area contributed by atoms with Crippen molar-refractivity contribution in [2.45, 2.75) is 32.7 Å². The first-order chi connectivity index (χ1) is 13.2. The number of hydrogen-bond donors (Lipinski definition) is 2. The molecule has 0 bridgehead atoms. The van der Waals surface area contributed by atoms with Crippen molar-refractivity contribution >= 4 is 29.9 Å². The smallest absolute Gasteiger partial charge is 0.203 e. The number of aliphatic imine (C=N–C) groups is 1. The standard InChI is InChI=1S/C20H34N4O3.HI/c1-5-27-19-17(25-3)13-16(14-18(19)26-4)15-23-20(21-2)22-9-12-24-10-7-6-8-11-24;/h13-14H,5-12,15H2,1-4H3,(H2,21,22,23);1H. The molecule has 8 heteroatoms. The molecule has 1 saturated heterocycles. The number of nitrogens with zero attached hydrogens (tertiary/aromatic N) is 2. The lowest BCUT2D eigenvalue weighted by molar-refractivity contribution is 0.232. The SMILES string of the molecule is CCOc1c(OC)cc(CNC(=NC)NCCN2CCCCC2)cc1OC.I. The van der Waals surface area contributed by atoms with Gasteiger partial charge in [-0.1, -0.05) is 6.42 Å². The van der Waals surface area contributed by atoms with Crippen molar-refractivity contribution in [3.8, 4) is 17.2 Å². The molecule has 1 heterocycles. The van der Waals surface area contributed by atoms with Crippen molar-refractivity contribution in [3.05, 3.63) is 17.7 Å². The monoisotopic (exact) mass is 506 g/mol. The van der Waals surface area contributed by atoms with E-state index in [-0.39, 0.29) is 24.0 Å². The maximum absolute atomic E-state index is 5.65. The van der Waals surface area contributed by atoms with Crippen LogP contribution in [0.4, 0.5) is 0 Å². The number of methoxy groups -OCH3 is 2. The molecule has 0 unspecified atom stereocenters. The fourth-order valence-corrected chi connectivity index (χ4v) is 3.24. The zero-order chi connectivity index (χ0) is 19.5. The van der Waals surface area contributed by atoms with Crippen LogP contribution in [0.3, 0.4) is 0 Å². The van der Waals surface area contributed by atoms with Gasteiger partial charge >= 0.3 is 0 Å². The van der Waals surface area contributed by atoms with E-state index < -0.39 is 0 Å². The Morgan fingerprint density at radius 3 is 2.25 bits per heavy atom. The maximum atomic E-state index is 5.65. The number of likely N-dealkylation sites (tertiary alicyclic amines) is 1. The van der Waals surface area contributed by atoms with Gasteiger partial charge in [-0.25, -0.2) is 0 Å². The van der Waals surface area contributed by atoms with Crippen LogP contribution >= 0.6 is 24.0 Å². The quantitative estimate of drug-likeness (QED) is 0.305. The van der Waals surface area contributed by atoms with E-state index in [1.54, 1.807) is 21.3 Å². The number of ether oxygens (including phenoxy) is 3. The number of nitrogens with one attached hydrogen (secondary N) is 2. The molecule has 0 amide bonds. The van der Waals surface area contributed by atoms with Crippen LogP contribution in [0.1, 0.15) is 31.7 Å². The first-order valence-electron chi connectivity index (χ1n) is 9.76. The Bertz CT molecular complexity index is 582. The number of halogens is 1. The molecule has 1 aromatic carbocycles. The van der Waals surface area contributed by atoms with Gasteiger partial charge in [0, 0.05) is 26.7 Å². The Morgan fingerprint density at radius 1 is 1.07 bits per heavy atom. The summed E-state index contributed by atoms with van der Waals surface area (Å²) in [5.41, 5.74) is 1.03. The van der Waals surface area contributed by atoms with E-state index >= 15 is 0 Å². The number of hydrogen-bond acceptors (Lipinski definition) is 5. The average Bonchev–Trinajstić information content (AvgIpc) is 2.71. The van der Waals surface area contributed by atoms with E-state index in [2.05, 4.69) is 20.5 Å². The molecule has 160 valence electrons. The van der Waals surface area contributed by atoms with Gasteiger partial charge in [-0.3, -0.25) is 4.99 Å². The van der Waals surface area contributed by atoms with Crippen molar-refractivity contribution in [1.82, 2.24) is 15.5 Å². The van der Waals surface area contributed by atoms with Crippen LogP contribution < -0.4 is 24.8 Å². The Morgan fingerprint density at radius 2 is 1.71 bits per heavy atom. The summed E-state index contributed by atoms with van der Waals surface area (Å²) in [6.07, 6.45) is 3.99. The van der Waals surface area contributed by atoms with E-state index in [4.69, 9.17) is 14.2 Å². The van der Waals surface area contributed by atoms with Crippen LogP contribution in [-0.4, -0.2) is 64.9 Å². The number of rotatable bonds is 9. The van der Waals surface area contributed by atoms with Crippen molar-refractivity contribution in [2.75, 3.05) is 54.1 Å². The molecule has 7 nitrogen and oxygen atoms in total. The number of piperidine rings is 1. The van der Waals surface area contributed by atoms with E-state index in [1.165, 1.54) is 32.4 Å². The first-order valence-corrected chi connectivity index (χ1v) is 9.76. The summed E-state index contributed by atoms with van der Waals surface area (Å²) in [6, 6.07) is 3.92. The largest absolute Gasteiger partial charge is 0.493 e. The molecule has 1 aromatic rings. The third-order valence-electron chi connectivity index (χ3n) is 4.66. The van der Waals surface area contributed by atoms with Crippen molar-refractivity contribution in [3.63, 3.8) is 0 Å². The Hall–Kier alpha value is -1.42. The molecule has 2 rings (SSSR count). The fourth-order valence-electron chi connectivity index (χ4n) is 3.24. The fraction of sp³-hybridized carbons (Fsp3) is 0.650. The molecule has 0 aromatic heterocycles.